The summed E-state index contributed by atoms with van der Waals surface area (Å²) < 4.78 is 17.7. The van der Waals surface area contributed by atoms with Crippen molar-refractivity contribution in [2.75, 3.05) is 13.2 Å². The van der Waals surface area contributed by atoms with E-state index < -0.39 is 0 Å². The monoisotopic (exact) mass is 451 g/mol. The summed E-state index contributed by atoms with van der Waals surface area (Å²) in [5, 5.41) is 12.9. The smallest absolute Gasteiger partial charge is 0.339 e. The van der Waals surface area contributed by atoms with Crippen LogP contribution in [0.25, 0.3) is 11.0 Å². The van der Waals surface area contributed by atoms with E-state index in [1.807, 2.05) is 32.9 Å². The van der Waals surface area contributed by atoms with Crippen LogP contribution < -0.4 is 20.4 Å². The second-order valence-corrected chi connectivity index (χ2v) is 9.11. The molecule has 3 aromatic rings. The maximum absolute atomic E-state index is 12.4. The van der Waals surface area contributed by atoms with Crippen molar-refractivity contribution in [1.82, 2.24) is 5.32 Å². The van der Waals surface area contributed by atoms with Crippen LogP contribution in [0.3, 0.4) is 0 Å². The lowest BCUT2D eigenvalue weighted by molar-refractivity contribution is -0.123. The van der Waals surface area contributed by atoms with Gasteiger partial charge in [-0.25, -0.2) is 4.79 Å². The van der Waals surface area contributed by atoms with Crippen LogP contribution in [-0.4, -0.2) is 29.8 Å². The van der Waals surface area contributed by atoms with E-state index >= 15 is 0 Å². The van der Waals surface area contributed by atoms with E-state index in [-0.39, 0.29) is 29.5 Å². The number of carbonyl (C=O) groups is 1. The maximum Gasteiger partial charge on any atom is 0.339 e. The highest BCUT2D eigenvalue weighted by Crippen LogP contribution is 2.43. The van der Waals surface area contributed by atoms with Crippen LogP contribution in [0.15, 0.2) is 39.5 Å². The molecule has 7 nitrogen and oxygen atoms in total. The van der Waals surface area contributed by atoms with E-state index in [0.717, 1.165) is 29.5 Å². The van der Waals surface area contributed by atoms with Gasteiger partial charge in [-0.05, 0) is 70.2 Å². The molecule has 33 heavy (non-hydrogen) atoms. The van der Waals surface area contributed by atoms with Gasteiger partial charge >= 0.3 is 5.63 Å². The number of ether oxygens (including phenoxy) is 2. The van der Waals surface area contributed by atoms with Crippen molar-refractivity contribution < 1.29 is 23.8 Å². The summed E-state index contributed by atoms with van der Waals surface area (Å²) in [6, 6.07) is 8.67. The van der Waals surface area contributed by atoms with E-state index in [1.54, 1.807) is 25.1 Å². The Morgan fingerprint density at radius 3 is 2.64 bits per heavy atom. The van der Waals surface area contributed by atoms with Crippen LogP contribution in [0.4, 0.5) is 0 Å². The number of hydrogen-bond acceptors (Lipinski definition) is 6. The molecule has 1 aromatic heterocycles. The Hall–Kier alpha value is -3.48. The first-order valence-corrected chi connectivity index (χ1v) is 11.1. The minimum absolute atomic E-state index is 0.176. The SMILES string of the molecule is Cc1c(C)c2c(OCC(=O)NCCc3ccc(O)cc3)cc3c(c2oc1=O)CCC(C)(C)O3. The molecule has 0 bridgehead atoms. The molecule has 0 spiro atoms. The van der Waals surface area contributed by atoms with Crippen LogP contribution in [0.5, 0.6) is 17.2 Å². The molecular formula is C26H29NO6. The van der Waals surface area contributed by atoms with Gasteiger partial charge < -0.3 is 24.3 Å². The standard InChI is InChI=1S/C26H29NO6/c1-15-16(2)25(30)32-24-19-9-11-26(3,4)33-20(19)13-21(23(15)24)31-14-22(29)27-12-10-17-5-7-18(28)8-6-17/h5-8,13,28H,9-12,14H2,1-4H3,(H,27,29). The summed E-state index contributed by atoms with van der Waals surface area (Å²) in [7, 11) is 0. The van der Waals surface area contributed by atoms with Gasteiger partial charge in [-0.3, -0.25) is 4.79 Å². The molecule has 1 amide bonds. The van der Waals surface area contributed by atoms with E-state index in [2.05, 4.69) is 5.32 Å². The zero-order valence-electron chi connectivity index (χ0n) is 19.4. The van der Waals surface area contributed by atoms with E-state index in [1.165, 1.54) is 0 Å². The molecular weight excluding hydrogens is 422 g/mol. The third-order valence-electron chi connectivity index (χ3n) is 6.14. The maximum atomic E-state index is 12.4. The molecule has 1 aliphatic heterocycles. The first-order valence-electron chi connectivity index (χ1n) is 11.1. The molecule has 2 aromatic carbocycles. The van der Waals surface area contributed by atoms with Gasteiger partial charge in [-0.2, -0.15) is 0 Å². The van der Waals surface area contributed by atoms with Crippen molar-refractivity contribution >= 4 is 16.9 Å². The summed E-state index contributed by atoms with van der Waals surface area (Å²) in [6.07, 6.45) is 2.16. The summed E-state index contributed by atoms with van der Waals surface area (Å²) in [4.78, 5) is 24.8. The molecule has 7 heteroatoms. The topological polar surface area (TPSA) is 98.0 Å². The number of nitrogens with one attached hydrogen (secondary N) is 1. The molecule has 0 aliphatic carbocycles. The molecule has 1 aliphatic rings. The highest BCUT2D eigenvalue weighted by molar-refractivity contribution is 5.92. The first-order chi connectivity index (χ1) is 15.6. The Morgan fingerprint density at radius 2 is 1.91 bits per heavy atom. The Bertz CT molecular complexity index is 1260. The van der Waals surface area contributed by atoms with Gasteiger partial charge in [0, 0.05) is 23.7 Å². The number of hydrogen-bond donors (Lipinski definition) is 2. The average molecular weight is 452 g/mol. The number of aromatic hydroxyl groups is 1. The lowest BCUT2D eigenvalue weighted by Crippen LogP contribution is -2.33. The number of phenolic OH excluding ortho intramolecular Hbond substituents is 1. The zero-order valence-corrected chi connectivity index (χ0v) is 19.4. The van der Waals surface area contributed by atoms with Gasteiger partial charge in [-0.15, -0.1) is 0 Å². The minimum atomic E-state index is -0.379. The van der Waals surface area contributed by atoms with Crippen LogP contribution in [0.1, 0.15) is 42.5 Å². The van der Waals surface area contributed by atoms with Gasteiger partial charge in [0.15, 0.2) is 6.61 Å². The second kappa shape index (κ2) is 8.81. The van der Waals surface area contributed by atoms with Gasteiger partial charge in [0.1, 0.15) is 28.4 Å². The predicted octanol–water partition coefficient (Wildman–Crippen LogP) is 3.96. The average Bonchev–Trinajstić information content (AvgIpc) is 2.76. The van der Waals surface area contributed by atoms with Crippen molar-refractivity contribution in [3.05, 3.63) is 63.0 Å². The van der Waals surface area contributed by atoms with Gasteiger partial charge in [-0.1, -0.05) is 12.1 Å². The van der Waals surface area contributed by atoms with Crippen LogP contribution in [-0.2, 0) is 17.6 Å². The molecule has 0 saturated heterocycles. The zero-order chi connectivity index (χ0) is 23.8. The van der Waals surface area contributed by atoms with Crippen molar-refractivity contribution in [3.8, 4) is 17.2 Å². The molecule has 2 N–H and O–H groups in total. The molecule has 174 valence electrons. The molecule has 0 atom stereocenters. The Labute approximate surface area is 192 Å². The molecule has 0 saturated carbocycles. The Balaban J connectivity index is 1.54. The molecule has 0 unspecified atom stereocenters. The number of benzene rings is 2. The fourth-order valence-electron chi connectivity index (χ4n) is 4.05. The van der Waals surface area contributed by atoms with Crippen LogP contribution >= 0.6 is 0 Å². The summed E-state index contributed by atoms with van der Waals surface area (Å²) in [5.41, 5.74) is 2.91. The molecule has 4 rings (SSSR count). The van der Waals surface area contributed by atoms with Crippen molar-refractivity contribution in [1.29, 1.82) is 0 Å². The van der Waals surface area contributed by atoms with Crippen molar-refractivity contribution in [2.24, 2.45) is 0 Å². The third kappa shape index (κ3) is 4.82. The van der Waals surface area contributed by atoms with Crippen LogP contribution in [0.2, 0.25) is 0 Å². The lowest BCUT2D eigenvalue weighted by atomic mass is 9.92. The van der Waals surface area contributed by atoms with Gasteiger partial charge in [0.25, 0.3) is 5.91 Å². The third-order valence-corrected chi connectivity index (χ3v) is 6.14. The fraction of sp³-hybridized carbons (Fsp3) is 0.385. The Kier molecular flexibility index (Phi) is 6.06. The lowest BCUT2D eigenvalue weighted by Gasteiger charge is -2.33. The van der Waals surface area contributed by atoms with Crippen molar-refractivity contribution in [2.45, 2.75) is 52.6 Å². The summed E-state index contributed by atoms with van der Waals surface area (Å²) in [5.74, 6) is 1.03. The van der Waals surface area contributed by atoms with Crippen molar-refractivity contribution in [3.63, 3.8) is 0 Å². The molecule has 2 heterocycles. The van der Waals surface area contributed by atoms with Gasteiger partial charge in [0.2, 0.25) is 0 Å². The summed E-state index contributed by atoms with van der Waals surface area (Å²) >= 11 is 0. The minimum Gasteiger partial charge on any atom is -0.508 e. The Morgan fingerprint density at radius 1 is 1.18 bits per heavy atom. The normalized spacial score (nSPS) is 14.4. The molecule has 0 radical (unpaired) electrons. The van der Waals surface area contributed by atoms with Crippen LogP contribution in [0, 0.1) is 13.8 Å². The number of phenols is 1. The number of amides is 1. The highest BCUT2D eigenvalue weighted by atomic mass is 16.5. The highest BCUT2D eigenvalue weighted by Gasteiger charge is 2.31. The number of carbonyl (C=O) groups excluding carboxylic acids is 1. The van der Waals surface area contributed by atoms with E-state index in [0.29, 0.717) is 41.0 Å². The molecule has 0 fully saturated rings. The number of aryl methyl sites for hydroxylation is 2. The van der Waals surface area contributed by atoms with Gasteiger partial charge in [0.05, 0.1) is 5.39 Å². The fourth-order valence-corrected chi connectivity index (χ4v) is 4.05. The number of fused-ring (bicyclic) bond motifs is 3. The predicted molar refractivity (Wildman–Crippen MR) is 125 cm³/mol. The summed E-state index contributed by atoms with van der Waals surface area (Å²) in [6.45, 7) is 7.88. The van der Waals surface area contributed by atoms with E-state index in [9.17, 15) is 14.7 Å². The quantitative estimate of drug-likeness (QED) is 0.551. The first kappa shape index (κ1) is 22.7. The second-order valence-electron chi connectivity index (χ2n) is 9.11. The number of rotatable bonds is 6. The van der Waals surface area contributed by atoms with E-state index in [4.69, 9.17) is 13.9 Å². The largest absolute Gasteiger partial charge is 0.508 e.